The van der Waals surface area contributed by atoms with Gasteiger partial charge in [-0.25, -0.2) is 0 Å². The Morgan fingerprint density at radius 2 is 2.45 bits per heavy atom. The molecule has 2 nitrogen and oxygen atoms in total. The molecule has 0 N–H and O–H groups in total. The van der Waals surface area contributed by atoms with Crippen LogP contribution in [0.5, 0.6) is 5.75 Å². The summed E-state index contributed by atoms with van der Waals surface area (Å²) in [6.07, 6.45) is -17.5. The Hall–Kier alpha value is -1.02. The van der Waals surface area contributed by atoms with Crippen molar-refractivity contribution in [3.63, 3.8) is 0 Å². The first-order chi connectivity index (χ1) is 15.4. The van der Waals surface area contributed by atoms with Gasteiger partial charge in [-0.05, 0) is 68.3 Å². The molecule has 2 heteroatoms. The third-order valence-electron chi connectivity index (χ3n) is 4.22. The number of methoxy groups -OCH3 is 1. The number of ether oxygens (including phenoxy) is 1. The predicted molar refractivity (Wildman–Crippen MR) is 81.4 cm³/mol. The molecule has 1 aromatic carbocycles. The van der Waals surface area contributed by atoms with Gasteiger partial charge >= 0.3 is 0 Å². The Morgan fingerprint density at radius 3 is 3.35 bits per heavy atom. The Morgan fingerprint density at radius 1 is 1.50 bits per heavy atom. The number of fused-ring (bicyclic) bond motifs is 1. The van der Waals surface area contributed by atoms with Crippen molar-refractivity contribution in [3.05, 3.63) is 29.3 Å². The Bertz CT molecular complexity index is 1080. The van der Waals surface area contributed by atoms with Crippen molar-refractivity contribution >= 4 is 0 Å². The lowest BCUT2D eigenvalue weighted by Gasteiger charge is -2.58. The molecule has 3 aliphatic rings. The molecule has 0 spiro atoms. The van der Waals surface area contributed by atoms with Crippen molar-refractivity contribution in [3.8, 4) is 5.75 Å². The minimum atomic E-state index is -3.65. The van der Waals surface area contributed by atoms with Crippen molar-refractivity contribution in [2.75, 3.05) is 20.6 Å². The number of benzene rings is 1. The van der Waals surface area contributed by atoms with E-state index in [1.54, 1.807) is 0 Å². The highest BCUT2D eigenvalue weighted by Gasteiger charge is 2.53. The first kappa shape index (κ1) is 4.49. The second-order valence-electron chi connectivity index (χ2n) is 5.23. The van der Waals surface area contributed by atoms with Crippen molar-refractivity contribution in [2.45, 2.75) is 49.7 Å². The molecule has 20 heavy (non-hydrogen) atoms. The molecule has 4 rings (SSSR count). The molecule has 1 saturated carbocycles. The molecule has 3 atom stereocenters. The van der Waals surface area contributed by atoms with Gasteiger partial charge in [-0.3, -0.25) is 0 Å². The van der Waals surface area contributed by atoms with Gasteiger partial charge in [-0.15, -0.1) is 0 Å². The molecule has 108 valence electrons. The van der Waals surface area contributed by atoms with Gasteiger partial charge in [0.05, 0.1) is 11.2 Å². The molecule has 1 heterocycles. The molecule has 0 unspecified atom stereocenters. The number of piperidine rings is 1. The lowest BCUT2D eigenvalue weighted by Crippen LogP contribution is -2.59. The van der Waals surface area contributed by atoms with Crippen LogP contribution in [0.3, 0.4) is 0 Å². The standard InChI is InChI=1S/C18H25NO/c1-19-10-9-18-8-4-3-5-15(18)17(19)11-13-6-7-14(20-2)12-16(13)18/h6-7,12,15,17H,3-5,8-11H2,1-2H3/t15-,17+,18+/m1/s1/i2D3,3D2,4D2,5D2,8D2,11D2,15D,17D. The zero-order chi connectivity index (χ0) is 27.1. The molecule has 2 bridgehead atoms. The van der Waals surface area contributed by atoms with Crippen molar-refractivity contribution in [2.24, 2.45) is 5.89 Å². The van der Waals surface area contributed by atoms with Crippen LogP contribution in [-0.4, -0.2) is 31.5 Å². The number of nitrogens with zero attached hydrogens (tertiary/aromatic N) is 1. The molecular weight excluding hydrogens is 246 g/mol. The fraction of sp³-hybridized carbons (Fsp3) is 0.667. The molecule has 0 aromatic heterocycles. The van der Waals surface area contributed by atoms with Gasteiger partial charge in [-0.1, -0.05) is 18.8 Å². The molecule has 2 aliphatic carbocycles. The van der Waals surface area contributed by atoms with E-state index in [-0.39, 0.29) is 17.9 Å². The van der Waals surface area contributed by atoms with Crippen LogP contribution in [0.1, 0.15) is 63.6 Å². The topological polar surface area (TPSA) is 12.5 Å². The summed E-state index contributed by atoms with van der Waals surface area (Å²) in [5.74, 6) is -3.61. The molecular formula is C18H25NO. The minimum absolute atomic E-state index is 0.234. The Kier molecular flexibility index (Phi) is 1.01. The molecule has 1 aliphatic heterocycles. The molecule has 0 amide bonds. The maximum Gasteiger partial charge on any atom is 0.119 e. The van der Waals surface area contributed by atoms with Crippen molar-refractivity contribution < 1.29 is 25.3 Å². The van der Waals surface area contributed by atoms with Gasteiger partial charge in [0.1, 0.15) is 5.75 Å². The molecule has 1 saturated heterocycles. The second kappa shape index (κ2) is 4.49. The van der Waals surface area contributed by atoms with Crippen LogP contribution in [0.2, 0.25) is 0 Å². The highest BCUT2D eigenvalue weighted by Crippen LogP contribution is 2.55. The van der Waals surface area contributed by atoms with Gasteiger partial charge in [0.25, 0.3) is 0 Å². The van der Waals surface area contributed by atoms with E-state index in [2.05, 4.69) is 0 Å². The summed E-state index contributed by atoms with van der Waals surface area (Å²) < 4.78 is 133. The van der Waals surface area contributed by atoms with E-state index in [9.17, 15) is 2.74 Å². The summed E-state index contributed by atoms with van der Waals surface area (Å²) in [4.78, 5) is 1.05. The average Bonchev–Trinajstić information content (AvgIpc) is 2.68. The number of rotatable bonds is 1. The quantitative estimate of drug-likeness (QED) is 0.785. The van der Waals surface area contributed by atoms with Gasteiger partial charge in [0.15, 0.2) is 0 Å². The fourth-order valence-electron chi connectivity index (χ4n) is 3.16. The van der Waals surface area contributed by atoms with Crippen LogP contribution in [0.15, 0.2) is 18.2 Å². The van der Waals surface area contributed by atoms with E-state index in [1.165, 1.54) is 7.05 Å². The molecule has 0 radical (unpaired) electrons. The third-order valence-corrected chi connectivity index (χ3v) is 4.22. The van der Waals surface area contributed by atoms with E-state index < -0.39 is 68.2 Å². The van der Waals surface area contributed by atoms with Crippen LogP contribution in [-0.2, 0) is 11.8 Å². The van der Waals surface area contributed by atoms with Crippen LogP contribution >= 0.6 is 0 Å². The second-order valence-corrected chi connectivity index (χ2v) is 5.23. The number of hydrogen-bond acceptors (Lipinski definition) is 2. The Labute approximate surface area is 143 Å². The first-order valence-electron chi connectivity index (χ1n) is 14.0. The highest BCUT2D eigenvalue weighted by atomic mass is 16.5. The minimum Gasteiger partial charge on any atom is -0.497 e. The van der Waals surface area contributed by atoms with Crippen LogP contribution in [0, 0.1) is 5.89 Å². The zero-order valence-corrected chi connectivity index (χ0v) is 11.0. The largest absolute Gasteiger partial charge is 0.497 e. The predicted octanol–water partition coefficient (Wildman–Crippen LogP) is 3.38. The molecule has 1 aromatic rings. The van der Waals surface area contributed by atoms with Crippen molar-refractivity contribution in [1.29, 1.82) is 0 Å². The highest BCUT2D eigenvalue weighted by molar-refractivity contribution is 5.45. The summed E-state index contributed by atoms with van der Waals surface area (Å²) in [7, 11) is -1.68. The Balaban J connectivity index is 2.25. The van der Waals surface area contributed by atoms with Gasteiger partial charge in [0, 0.05) is 27.9 Å². The lowest BCUT2D eigenvalue weighted by atomic mass is 9.52. The van der Waals surface area contributed by atoms with E-state index in [0.29, 0.717) is 0 Å². The number of likely N-dealkylation sites (tertiary alicyclic amines) is 1. The monoisotopic (exact) mass is 286 g/mol. The summed E-state index contributed by atoms with van der Waals surface area (Å²) in [6.45, 7) is -0.234. The van der Waals surface area contributed by atoms with E-state index in [4.69, 9.17) is 22.6 Å². The average molecular weight is 286 g/mol. The van der Waals surface area contributed by atoms with Crippen LogP contribution in [0.25, 0.3) is 0 Å². The van der Waals surface area contributed by atoms with Crippen molar-refractivity contribution in [1.82, 2.24) is 4.90 Å². The van der Waals surface area contributed by atoms with Gasteiger partial charge < -0.3 is 9.64 Å². The summed E-state index contributed by atoms with van der Waals surface area (Å²) in [6, 6.07) is 0.262. The smallest absolute Gasteiger partial charge is 0.119 e. The summed E-state index contributed by atoms with van der Waals surface area (Å²) in [5.41, 5.74) is -3.33. The van der Waals surface area contributed by atoms with Gasteiger partial charge in [-0.2, -0.15) is 0 Å². The van der Waals surface area contributed by atoms with Crippen LogP contribution in [0.4, 0.5) is 0 Å². The maximum atomic E-state index is 9.49. The summed E-state index contributed by atoms with van der Waals surface area (Å²) in [5, 5.41) is 0. The van der Waals surface area contributed by atoms with Crippen LogP contribution < -0.4 is 4.74 Å². The van der Waals surface area contributed by atoms with Gasteiger partial charge in [0.2, 0.25) is 0 Å². The van der Waals surface area contributed by atoms with E-state index in [1.807, 2.05) is 0 Å². The maximum absolute atomic E-state index is 9.49. The molecule has 2 fully saturated rings. The number of likely N-dealkylation sites (N-methyl/N-ethyl adjacent to an activating group) is 1. The zero-order valence-electron chi connectivity index (χ0n) is 26.0. The van der Waals surface area contributed by atoms with E-state index in [0.717, 1.165) is 23.1 Å². The SMILES string of the molecule is [2H]C([2H])([2H])Oc1ccc2c(c1)[C@@]13CCN(C)[C@@]([2H])(C2([2H])[2H])[C@@]1([2H])C([2H])([2H])C([2H])([2H])C([2H])([2H])C3([2H])[2H]. The lowest BCUT2D eigenvalue weighted by molar-refractivity contribution is 0.00274. The van der Waals surface area contributed by atoms with E-state index >= 15 is 0 Å². The first-order valence-corrected chi connectivity index (χ1v) is 6.49. The summed E-state index contributed by atoms with van der Waals surface area (Å²) >= 11 is 0. The normalized spacial score (nSPS) is 67.8. The fourth-order valence-corrected chi connectivity index (χ4v) is 3.16. The third kappa shape index (κ3) is 1.60. The number of hydrogen-bond donors (Lipinski definition) is 0.